The molecule has 0 aliphatic carbocycles. The van der Waals surface area contributed by atoms with Crippen molar-refractivity contribution >= 4 is 11.8 Å². The lowest BCUT2D eigenvalue weighted by Gasteiger charge is -2.15. The SMILES string of the molecule is C=C1C=Cc2cc(OC)ccc2N1. The van der Waals surface area contributed by atoms with Crippen molar-refractivity contribution in [1.82, 2.24) is 0 Å². The van der Waals surface area contributed by atoms with Crippen LogP contribution in [-0.4, -0.2) is 7.11 Å². The first-order chi connectivity index (χ1) is 6.29. The highest BCUT2D eigenvalue weighted by Gasteiger charge is 2.05. The molecule has 1 aliphatic heterocycles. The fourth-order valence-corrected chi connectivity index (χ4v) is 1.32. The van der Waals surface area contributed by atoms with E-state index in [1.807, 2.05) is 30.4 Å². The lowest BCUT2D eigenvalue weighted by Crippen LogP contribution is -2.01. The minimum absolute atomic E-state index is 0.873. The van der Waals surface area contributed by atoms with Crippen LogP contribution in [0.1, 0.15) is 5.56 Å². The summed E-state index contributed by atoms with van der Waals surface area (Å²) in [6.07, 6.45) is 3.97. The zero-order valence-corrected chi connectivity index (χ0v) is 7.50. The van der Waals surface area contributed by atoms with Crippen LogP contribution in [0.25, 0.3) is 6.08 Å². The number of ether oxygens (including phenoxy) is 1. The van der Waals surface area contributed by atoms with Gasteiger partial charge in [0, 0.05) is 16.9 Å². The van der Waals surface area contributed by atoms with Gasteiger partial charge in [0.25, 0.3) is 0 Å². The van der Waals surface area contributed by atoms with Crippen molar-refractivity contribution in [2.24, 2.45) is 0 Å². The van der Waals surface area contributed by atoms with E-state index in [2.05, 4.69) is 11.9 Å². The minimum atomic E-state index is 0.873. The summed E-state index contributed by atoms with van der Waals surface area (Å²) in [5.74, 6) is 0.873. The maximum absolute atomic E-state index is 5.12. The highest BCUT2D eigenvalue weighted by Crippen LogP contribution is 2.27. The fourth-order valence-electron chi connectivity index (χ4n) is 1.32. The maximum Gasteiger partial charge on any atom is 0.119 e. The molecule has 0 aromatic heterocycles. The first-order valence-electron chi connectivity index (χ1n) is 4.11. The van der Waals surface area contributed by atoms with Crippen LogP contribution in [-0.2, 0) is 0 Å². The van der Waals surface area contributed by atoms with Gasteiger partial charge in [-0.3, -0.25) is 0 Å². The van der Waals surface area contributed by atoms with Crippen LogP contribution in [0.2, 0.25) is 0 Å². The molecule has 1 heterocycles. The Balaban J connectivity index is 2.45. The second kappa shape index (κ2) is 2.98. The number of allylic oxidation sites excluding steroid dienone is 1. The molecular formula is C11H11NO. The van der Waals surface area contributed by atoms with E-state index in [4.69, 9.17) is 4.74 Å². The molecular weight excluding hydrogens is 162 g/mol. The van der Waals surface area contributed by atoms with Crippen molar-refractivity contribution in [2.45, 2.75) is 0 Å². The Bertz CT molecular complexity index is 380. The van der Waals surface area contributed by atoms with E-state index < -0.39 is 0 Å². The monoisotopic (exact) mass is 173 g/mol. The smallest absolute Gasteiger partial charge is 0.119 e. The Morgan fingerprint density at radius 2 is 2.15 bits per heavy atom. The number of rotatable bonds is 1. The highest BCUT2D eigenvalue weighted by atomic mass is 16.5. The van der Waals surface area contributed by atoms with E-state index in [1.165, 1.54) is 0 Å². The van der Waals surface area contributed by atoms with Gasteiger partial charge in [0.2, 0.25) is 0 Å². The van der Waals surface area contributed by atoms with Gasteiger partial charge in [-0.2, -0.15) is 0 Å². The average molecular weight is 173 g/mol. The largest absolute Gasteiger partial charge is 0.497 e. The number of anilines is 1. The number of fused-ring (bicyclic) bond motifs is 1. The summed E-state index contributed by atoms with van der Waals surface area (Å²) in [5.41, 5.74) is 3.12. The molecule has 1 aromatic carbocycles. The standard InChI is InChI=1S/C11H11NO/c1-8-3-4-9-7-10(13-2)5-6-11(9)12-8/h3-7,12H,1H2,2H3. The van der Waals surface area contributed by atoms with Crippen molar-refractivity contribution in [3.05, 3.63) is 42.1 Å². The predicted molar refractivity (Wildman–Crippen MR) is 54.8 cm³/mol. The van der Waals surface area contributed by atoms with E-state index in [0.717, 1.165) is 22.7 Å². The normalized spacial score (nSPS) is 13.5. The number of hydrogen-bond donors (Lipinski definition) is 1. The van der Waals surface area contributed by atoms with Crippen LogP contribution in [0.15, 0.2) is 36.6 Å². The fraction of sp³-hybridized carbons (Fsp3) is 0.0909. The Kier molecular flexibility index (Phi) is 1.81. The minimum Gasteiger partial charge on any atom is -0.497 e. The molecule has 13 heavy (non-hydrogen) atoms. The molecule has 2 rings (SSSR count). The molecule has 0 atom stereocenters. The molecule has 1 N–H and O–H groups in total. The summed E-state index contributed by atoms with van der Waals surface area (Å²) < 4.78 is 5.12. The summed E-state index contributed by atoms with van der Waals surface area (Å²) in [7, 11) is 1.67. The Labute approximate surface area is 77.5 Å². The molecule has 0 fully saturated rings. The third-order valence-electron chi connectivity index (χ3n) is 2.02. The highest BCUT2D eigenvalue weighted by molar-refractivity contribution is 5.75. The first-order valence-corrected chi connectivity index (χ1v) is 4.11. The maximum atomic E-state index is 5.12. The van der Waals surface area contributed by atoms with Gasteiger partial charge in [0.1, 0.15) is 5.75 Å². The van der Waals surface area contributed by atoms with Crippen LogP contribution < -0.4 is 10.1 Å². The van der Waals surface area contributed by atoms with Crippen molar-refractivity contribution in [3.8, 4) is 5.75 Å². The summed E-state index contributed by atoms with van der Waals surface area (Å²) in [4.78, 5) is 0. The molecule has 66 valence electrons. The van der Waals surface area contributed by atoms with Gasteiger partial charge < -0.3 is 10.1 Å². The second-order valence-electron chi connectivity index (χ2n) is 2.94. The van der Waals surface area contributed by atoms with Gasteiger partial charge in [-0.25, -0.2) is 0 Å². The number of benzene rings is 1. The molecule has 2 heteroatoms. The van der Waals surface area contributed by atoms with Gasteiger partial charge in [0.05, 0.1) is 7.11 Å². The molecule has 0 amide bonds. The molecule has 0 saturated carbocycles. The van der Waals surface area contributed by atoms with Gasteiger partial charge >= 0.3 is 0 Å². The summed E-state index contributed by atoms with van der Waals surface area (Å²) in [6.45, 7) is 3.83. The van der Waals surface area contributed by atoms with Crippen LogP contribution in [0.4, 0.5) is 5.69 Å². The third kappa shape index (κ3) is 1.43. The number of methoxy groups -OCH3 is 1. The van der Waals surface area contributed by atoms with Gasteiger partial charge in [-0.05, 0) is 24.3 Å². The zero-order chi connectivity index (χ0) is 9.26. The van der Waals surface area contributed by atoms with Crippen molar-refractivity contribution < 1.29 is 4.74 Å². The summed E-state index contributed by atoms with van der Waals surface area (Å²) in [5, 5.41) is 3.17. The van der Waals surface area contributed by atoms with E-state index in [0.29, 0.717) is 0 Å². The lowest BCUT2D eigenvalue weighted by atomic mass is 10.1. The van der Waals surface area contributed by atoms with E-state index in [1.54, 1.807) is 7.11 Å². The predicted octanol–water partition coefficient (Wildman–Crippen LogP) is 2.65. The molecule has 0 saturated heterocycles. The van der Waals surface area contributed by atoms with Gasteiger partial charge in [0.15, 0.2) is 0 Å². The van der Waals surface area contributed by atoms with Gasteiger partial charge in [-0.15, -0.1) is 0 Å². The Morgan fingerprint density at radius 3 is 2.92 bits per heavy atom. The second-order valence-corrected chi connectivity index (χ2v) is 2.94. The van der Waals surface area contributed by atoms with Crippen LogP contribution in [0.5, 0.6) is 5.75 Å². The average Bonchev–Trinajstić information content (AvgIpc) is 2.17. The third-order valence-corrected chi connectivity index (χ3v) is 2.02. The Hall–Kier alpha value is -1.70. The molecule has 0 radical (unpaired) electrons. The molecule has 0 bridgehead atoms. The van der Waals surface area contributed by atoms with Crippen LogP contribution in [0.3, 0.4) is 0 Å². The summed E-state index contributed by atoms with van der Waals surface area (Å²) in [6, 6.07) is 5.91. The van der Waals surface area contributed by atoms with Gasteiger partial charge in [-0.1, -0.05) is 12.7 Å². The van der Waals surface area contributed by atoms with Crippen molar-refractivity contribution in [2.75, 3.05) is 12.4 Å². The van der Waals surface area contributed by atoms with Crippen molar-refractivity contribution in [3.63, 3.8) is 0 Å². The topological polar surface area (TPSA) is 21.3 Å². The number of nitrogens with one attached hydrogen (secondary N) is 1. The van der Waals surface area contributed by atoms with Crippen LogP contribution in [0, 0.1) is 0 Å². The molecule has 2 nitrogen and oxygen atoms in total. The molecule has 0 spiro atoms. The molecule has 1 aromatic rings. The molecule has 1 aliphatic rings. The first kappa shape index (κ1) is 7.92. The molecule has 0 unspecified atom stereocenters. The Morgan fingerprint density at radius 1 is 1.31 bits per heavy atom. The quantitative estimate of drug-likeness (QED) is 0.704. The summed E-state index contributed by atoms with van der Waals surface area (Å²) >= 11 is 0. The number of hydrogen-bond acceptors (Lipinski definition) is 2. The lowest BCUT2D eigenvalue weighted by molar-refractivity contribution is 0.415. The van der Waals surface area contributed by atoms with Crippen molar-refractivity contribution in [1.29, 1.82) is 0 Å². The van der Waals surface area contributed by atoms with E-state index in [-0.39, 0.29) is 0 Å². The van der Waals surface area contributed by atoms with E-state index >= 15 is 0 Å². The zero-order valence-electron chi connectivity index (χ0n) is 7.50. The van der Waals surface area contributed by atoms with Crippen LogP contribution >= 0.6 is 0 Å². The van der Waals surface area contributed by atoms with E-state index in [9.17, 15) is 0 Å².